The Balaban J connectivity index is 1.38. The molecule has 1 saturated heterocycles. The molecule has 5 aromatic rings. The van der Waals surface area contributed by atoms with Gasteiger partial charge in [-0.15, -0.1) is 0 Å². The maximum absolute atomic E-state index is 11.2. The first-order valence-corrected chi connectivity index (χ1v) is 11.7. The third kappa shape index (κ3) is 3.94. The lowest BCUT2D eigenvalue weighted by Crippen LogP contribution is -2.47. The highest BCUT2D eigenvalue weighted by Gasteiger charge is 2.24. The van der Waals surface area contributed by atoms with E-state index in [0.29, 0.717) is 36.0 Å². The molecule has 2 N–H and O–H groups in total. The number of para-hydroxylation sites is 1. The molecule has 4 heterocycles. The van der Waals surface area contributed by atoms with Gasteiger partial charge in [0.15, 0.2) is 17.0 Å². The molecule has 0 bridgehead atoms. The lowest BCUT2D eigenvalue weighted by atomic mass is 10.2. The Labute approximate surface area is 205 Å². The number of nitrogens with zero attached hydrogens (tertiary/aromatic N) is 8. The average Bonchev–Trinajstić information content (AvgIpc) is 3.52. The second-order valence-corrected chi connectivity index (χ2v) is 8.71. The van der Waals surface area contributed by atoms with Crippen LogP contribution in [0.1, 0.15) is 6.42 Å². The molecule has 0 radical (unpaired) electrons. The van der Waals surface area contributed by atoms with Crippen molar-refractivity contribution in [1.82, 2.24) is 29.3 Å². The molecule has 2 aromatic carbocycles. The number of benzene rings is 2. The van der Waals surface area contributed by atoms with Crippen molar-refractivity contribution in [3.8, 4) is 11.6 Å². The number of phenolic OH excluding ortho intramolecular Hbond substituents is 1. The summed E-state index contributed by atoms with van der Waals surface area (Å²) in [6.07, 6.45) is 3.38. The van der Waals surface area contributed by atoms with E-state index in [9.17, 15) is 15.0 Å². The van der Waals surface area contributed by atoms with Crippen molar-refractivity contribution in [1.29, 1.82) is 0 Å². The number of carbonyl (C=O) groups is 1. The maximum atomic E-state index is 11.2. The molecule has 1 fully saturated rings. The summed E-state index contributed by atoms with van der Waals surface area (Å²) in [7, 11) is 0. The van der Waals surface area contributed by atoms with E-state index in [1.807, 2.05) is 36.4 Å². The summed E-state index contributed by atoms with van der Waals surface area (Å²) in [4.78, 5) is 29.9. The van der Waals surface area contributed by atoms with Crippen LogP contribution in [0.2, 0.25) is 0 Å². The minimum absolute atomic E-state index is 0.0316. The summed E-state index contributed by atoms with van der Waals surface area (Å²) in [5.41, 5.74) is 3.11. The Morgan fingerprint density at radius 2 is 1.69 bits per heavy atom. The van der Waals surface area contributed by atoms with E-state index in [1.165, 1.54) is 0 Å². The normalized spacial score (nSPS) is 14.1. The van der Waals surface area contributed by atoms with Gasteiger partial charge in [0.25, 0.3) is 0 Å². The van der Waals surface area contributed by atoms with Crippen LogP contribution >= 0.6 is 0 Å². The van der Waals surface area contributed by atoms with E-state index in [0.717, 1.165) is 29.7 Å². The predicted octanol–water partition coefficient (Wildman–Crippen LogP) is 2.67. The lowest BCUT2D eigenvalue weighted by molar-refractivity contribution is -0.137. The second-order valence-electron chi connectivity index (χ2n) is 8.71. The SMILES string of the molecule is O=C(O)CCn1cnc2c(-n3ncc4ccccc43)nc(N3CCN(c4ccc(O)cc4)CC3)nc21. The summed E-state index contributed by atoms with van der Waals surface area (Å²) in [5, 5.41) is 24.3. The number of aromatic nitrogens is 6. The van der Waals surface area contributed by atoms with Gasteiger partial charge in [-0.05, 0) is 30.3 Å². The number of aromatic hydroxyl groups is 1. The van der Waals surface area contributed by atoms with Crippen molar-refractivity contribution in [2.45, 2.75) is 13.0 Å². The highest BCUT2D eigenvalue weighted by atomic mass is 16.4. The van der Waals surface area contributed by atoms with Crippen molar-refractivity contribution in [2.24, 2.45) is 0 Å². The third-order valence-corrected chi connectivity index (χ3v) is 6.46. The summed E-state index contributed by atoms with van der Waals surface area (Å²) in [5.74, 6) is 0.484. The second kappa shape index (κ2) is 8.84. The van der Waals surface area contributed by atoms with E-state index in [-0.39, 0.29) is 18.7 Å². The number of anilines is 2. The van der Waals surface area contributed by atoms with Crippen molar-refractivity contribution < 1.29 is 15.0 Å². The molecule has 11 heteroatoms. The summed E-state index contributed by atoms with van der Waals surface area (Å²) >= 11 is 0. The number of hydrogen-bond acceptors (Lipinski definition) is 8. The molecule has 0 amide bonds. The Bertz CT molecular complexity index is 1550. The maximum Gasteiger partial charge on any atom is 0.305 e. The van der Waals surface area contributed by atoms with Gasteiger partial charge in [-0.25, -0.2) is 9.67 Å². The van der Waals surface area contributed by atoms with E-state index >= 15 is 0 Å². The zero-order valence-electron chi connectivity index (χ0n) is 19.4. The molecule has 36 heavy (non-hydrogen) atoms. The topological polar surface area (TPSA) is 125 Å². The minimum Gasteiger partial charge on any atom is -0.508 e. The van der Waals surface area contributed by atoms with Crippen LogP contribution in [0.25, 0.3) is 27.9 Å². The van der Waals surface area contributed by atoms with Gasteiger partial charge < -0.3 is 24.6 Å². The molecule has 1 aliphatic rings. The molecular weight excluding hydrogens is 460 g/mol. The van der Waals surface area contributed by atoms with Crippen LogP contribution in [0.15, 0.2) is 61.1 Å². The number of imidazole rings is 1. The van der Waals surface area contributed by atoms with Crippen LogP contribution in [-0.2, 0) is 11.3 Å². The molecule has 0 atom stereocenters. The van der Waals surface area contributed by atoms with Crippen molar-refractivity contribution >= 4 is 39.7 Å². The summed E-state index contributed by atoms with van der Waals surface area (Å²) < 4.78 is 3.53. The number of hydrogen-bond donors (Lipinski definition) is 2. The molecule has 6 rings (SSSR count). The van der Waals surface area contributed by atoms with E-state index < -0.39 is 5.97 Å². The smallest absolute Gasteiger partial charge is 0.305 e. The molecule has 0 unspecified atom stereocenters. The predicted molar refractivity (Wildman–Crippen MR) is 135 cm³/mol. The van der Waals surface area contributed by atoms with Crippen molar-refractivity contribution in [3.63, 3.8) is 0 Å². The number of carboxylic acids is 1. The van der Waals surface area contributed by atoms with Gasteiger partial charge >= 0.3 is 5.97 Å². The molecule has 182 valence electrons. The first-order chi connectivity index (χ1) is 17.6. The standard InChI is InChI=1S/C25H24N8O3/c34-19-7-5-18(6-8-19)30-11-13-31(14-12-30)25-28-23-22(26-16-32(23)10-9-21(35)36)24(29-25)33-20-4-2-1-3-17(20)15-27-33/h1-8,15-16,34H,9-14H2,(H,35,36). The molecule has 11 nitrogen and oxygen atoms in total. The molecule has 0 spiro atoms. The Kier molecular flexibility index (Phi) is 5.36. The molecule has 1 aliphatic heterocycles. The fourth-order valence-electron chi connectivity index (χ4n) is 4.56. The molecule has 3 aromatic heterocycles. The van der Waals surface area contributed by atoms with E-state index in [4.69, 9.17) is 9.97 Å². The molecule has 0 aliphatic carbocycles. The largest absolute Gasteiger partial charge is 0.508 e. The number of aliphatic carboxylic acids is 1. The highest BCUT2D eigenvalue weighted by Crippen LogP contribution is 2.27. The van der Waals surface area contributed by atoms with Crippen molar-refractivity contribution in [2.75, 3.05) is 36.0 Å². The summed E-state index contributed by atoms with van der Waals surface area (Å²) in [6.45, 7) is 3.20. The first-order valence-electron chi connectivity index (χ1n) is 11.7. The fourth-order valence-corrected chi connectivity index (χ4v) is 4.56. The first kappa shape index (κ1) is 21.8. The molecular formula is C25H24N8O3. The van der Waals surface area contributed by atoms with Crippen LogP contribution in [-0.4, -0.2) is 71.7 Å². The van der Waals surface area contributed by atoms with Gasteiger partial charge in [0.2, 0.25) is 5.95 Å². The minimum atomic E-state index is -0.880. The van der Waals surface area contributed by atoms with Gasteiger partial charge in [-0.3, -0.25) is 4.79 Å². The van der Waals surface area contributed by atoms with Gasteiger partial charge in [0, 0.05) is 43.8 Å². The van der Waals surface area contributed by atoms with Crippen LogP contribution in [0.3, 0.4) is 0 Å². The number of rotatable bonds is 6. The number of fused-ring (bicyclic) bond motifs is 2. The van der Waals surface area contributed by atoms with Crippen LogP contribution in [0, 0.1) is 0 Å². The van der Waals surface area contributed by atoms with E-state index in [1.54, 1.807) is 33.9 Å². The highest BCUT2D eigenvalue weighted by molar-refractivity contribution is 5.85. The van der Waals surface area contributed by atoms with Gasteiger partial charge in [-0.2, -0.15) is 15.1 Å². The van der Waals surface area contributed by atoms with Crippen LogP contribution < -0.4 is 9.80 Å². The Morgan fingerprint density at radius 1 is 0.944 bits per heavy atom. The number of aryl methyl sites for hydroxylation is 1. The quantitative estimate of drug-likeness (QED) is 0.374. The van der Waals surface area contributed by atoms with Gasteiger partial charge in [0.05, 0.1) is 24.5 Å². The van der Waals surface area contributed by atoms with Gasteiger partial charge in [0.1, 0.15) is 5.75 Å². The Morgan fingerprint density at radius 3 is 2.47 bits per heavy atom. The number of phenols is 1. The third-order valence-electron chi connectivity index (χ3n) is 6.46. The fraction of sp³-hybridized carbons (Fsp3) is 0.240. The lowest BCUT2D eigenvalue weighted by Gasteiger charge is -2.36. The average molecular weight is 485 g/mol. The van der Waals surface area contributed by atoms with Gasteiger partial charge in [-0.1, -0.05) is 18.2 Å². The Hall–Kier alpha value is -4.67. The monoisotopic (exact) mass is 484 g/mol. The van der Waals surface area contributed by atoms with Crippen LogP contribution in [0.5, 0.6) is 5.75 Å². The molecule has 0 saturated carbocycles. The number of carboxylic acid groups (broad SMARTS) is 1. The zero-order valence-corrected chi connectivity index (χ0v) is 19.4. The van der Waals surface area contributed by atoms with E-state index in [2.05, 4.69) is 19.9 Å². The summed E-state index contributed by atoms with van der Waals surface area (Å²) in [6, 6.07) is 15.1. The number of piperazine rings is 1. The van der Waals surface area contributed by atoms with Crippen LogP contribution in [0.4, 0.5) is 11.6 Å². The zero-order chi connectivity index (χ0) is 24.6. The van der Waals surface area contributed by atoms with Crippen molar-refractivity contribution in [3.05, 3.63) is 61.1 Å².